The van der Waals surface area contributed by atoms with Crippen LogP contribution in [0.15, 0.2) is 53.9 Å². The van der Waals surface area contributed by atoms with Gasteiger partial charge in [-0.2, -0.15) is 0 Å². The van der Waals surface area contributed by atoms with E-state index in [-0.39, 0.29) is 12.3 Å². The molecule has 0 bridgehead atoms. The fourth-order valence-corrected chi connectivity index (χ4v) is 4.70. The number of aromatic nitrogens is 2. The normalized spacial score (nSPS) is 11.0. The molecule has 4 rings (SSSR count). The van der Waals surface area contributed by atoms with Crippen LogP contribution in [0.2, 0.25) is 5.02 Å². The van der Waals surface area contributed by atoms with Crippen LogP contribution in [0.3, 0.4) is 0 Å². The highest BCUT2D eigenvalue weighted by atomic mass is 35.5. The highest BCUT2D eigenvalue weighted by Gasteiger charge is 2.17. The predicted octanol–water partition coefficient (Wildman–Crippen LogP) is 5.20. The van der Waals surface area contributed by atoms with Gasteiger partial charge in [0, 0.05) is 23.9 Å². The molecule has 0 atom stereocenters. The van der Waals surface area contributed by atoms with E-state index >= 15 is 0 Å². The molecule has 0 aliphatic heterocycles. The summed E-state index contributed by atoms with van der Waals surface area (Å²) in [6.45, 7) is 0. The van der Waals surface area contributed by atoms with Crippen LogP contribution in [-0.2, 0) is 17.6 Å². The van der Waals surface area contributed by atoms with Crippen molar-refractivity contribution >= 4 is 55.5 Å². The summed E-state index contributed by atoms with van der Waals surface area (Å²) >= 11 is 9.12. The summed E-state index contributed by atoms with van der Waals surface area (Å²) < 4.78 is 1.07. The van der Waals surface area contributed by atoms with Crippen molar-refractivity contribution in [1.82, 2.24) is 9.97 Å². The first-order chi connectivity index (χ1) is 13.1. The number of hydrogen-bond donors (Lipinski definition) is 0. The lowest BCUT2D eigenvalue weighted by atomic mass is 10.2. The van der Waals surface area contributed by atoms with Crippen LogP contribution in [0.25, 0.3) is 10.2 Å². The topological polar surface area (TPSA) is 46.1 Å². The number of anilines is 1. The van der Waals surface area contributed by atoms with E-state index in [9.17, 15) is 4.79 Å². The standard InChI is InChI=1S/C20H16ClN3OS2/c1-24(20-23-16-7-2-3-8-17(16)27-20)19(25)11-15-12-26-18(22-15)10-13-5-4-6-14(21)9-13/h2-9,12H,10-11H2,1H3. The number of thiazole rings is 2. The summed E-state index contributed by atoms with van der Waals surface area (Å²) in [4.78, 5) is 23.4. The fraction of sp³-hybridized carbons (Fsp3) is 0.150. The zero-order valence-electron chi connectivity index (χ0n) is 14.6. The number of rotatable bonds is 5. The molecular formula is C20H16ClN3OS2. The number of para-hydroxylation sites is 1. The molecule has 0 fully saturated rings. The van der Waals surface area contributed by atoms with Crippen molar-refractivity contribution in [3.63, 3.8) is 0 Å². The van der Waals surface area contributed by atoms with Crippen molar-refractivity contribution < 1.29 is 4.79 Å². The van der Waals surface area contributed by atoms with Crippen molar-refractivity contribution in [2.24, 2.45) is 0 Å². The first kappa shape index (κ1) is 18.1. The molecule has 0 saturated heterocycles. The third-order valence-electron chi connectivity index (χ3n) is 4.12. The number of nitrogens with zero attached hydrogens (tertiary/aromatic N) is 3. The van der Waals surface area contributed by atoms with Gasteiger partial charge in [-0.05, 0) is 29.8 Å². The van der Waals surface area contributed by atoms with Crippen LogP contribution in [0.5, 0.6) is 0 Å². The largest absolute Gasteiger partial charge is 0.291 e. The molecule has 2 aromatic heterocycles. The van der Waals surface area contributed by atoms with Gasteiger partial charge < -0.3 is 0 Å². The van der Waals surface area contributed by atoms with Crippen molar-refractivity contribution in [2.45, 2.75) is 12.8 Å². The minimum absolute atomic E-state index is 0.0198. The second kappa shape index (κ2) is 7.76. The van der Waals surface area contributed by atoms with Gasteiger partial charge in [0.25, 0.3) is 0 Å². The molecule has 0 saturated carbocycles. The van der Waals surface area contributed by atoms with Gasteiger partial charge in [0.1, 0.15) is 0 Å². The first-order valence-electron chi connectivity index (χ1n) is 8.38. The molecule has 0 aliphatic carbocycles. The van der Waals surface area contributed by atoms with Crippen LogP contribution < -0.4 is 4.90 Å². The SMILES string of the molecule is CN(C(=O)Cc1csc(Cc2cccc(Cl)c2)n1)c1nc2ccccc2s1. The second-order valence-corrected chi connectivity index (χ2v) is 8.52. The zero-order valence-corrected chi connectivity index (χ0v) is 16.9. The summed E-state index contributed by atoms with van der Waals surface area (Å²) in [5.41, 5.74) is 2.81. The molecule has 2 heterocycles. The predicted molar refractivity (Wildman–Crippen MR) is 113 cm³/mol. The lowest BCUT2D eigenvalue weighted by Gasteiger charge is -2.12. The molecule has 4 aromatic rings. The number of carbonyl (C=O) groups is 1. The van der Waals surface area contributed by atoms with Gasteiger partial charge in [0.15, 0.2) is 5.13 Å². The minimum atomic E-state index is -0.0198. The molecule has 4 nitrogen and oxygen atoms in total. The van der Waals surface area contributed by atoms with Crippen LogP contribution in [0.1, 0.15) is 16.3 Å². The number of amides is 1. The third kappa shape index (κ3) is 4.18. The summed E-state index contributed by atoms with van der Waals surface area (Å²) in [5, 5.41) is 4.35. The van der Waals surface area contributed by atoms with E-state index in [2.05, 4.69) is 9.97 Å². The maximum absolute atomic E-state index is 12.6. The molecule has 2 aromatic carbocycles. The maximum atomic E-state index is 12.6. The van der Waals surface area contributed by atoms with E-state index in [0.29, 0.717) is 11.6 Å². The van der Waals surface area contributed by atoms with Gasteiger partial charge >= 0.3 is 0 Å². The van der Waals surface area contributed by atoms with Gasteiger partial charge in [0.05, 0.1) is 27.3 Å². The van der Waals surface area contributed by atoms with E-state index < -0.39 is 0 Å². The molecule has 1 amide bonds. The Bertz CT molecular complexity index is 1070. The highest BCUT2D eigenvalue weighted by Crippen LogP contribution is 2.28. The van der Waals surface area contributed by atoms with Crippen molar-refractivity contribution in [3.8, 4) is 0 Å². The van der Waals surface area contributed by atoms with Crippen LogP contribution in [0, 0.1) is 0 Å². The Labute approximate surface area is 170 Å². The number of likely N-dealkylation sites (N-methyl/N-ethyl adjacent to an activating group) is 1. The second-order valence-electron chi connectivity index (χ2n) is 6.13. The van der Waals surface area contributed by atoms with Crippen LogP contribution >= 0.6 is 34.3 Å². The Morgan fingerprint density at radius 3 is 2.81 bits per heavy atom. The maximum Gasteiger partial charge on any atom is 0.234 e. The molecule has 0 aliphatic rings. The lowest BCUT2D eigenvalue weighted by molar-refractivity contribution is -0.117. The fourth-order valence-electron chi connectivity index (χ4n) is 2.72. The van der Waals surface area contributed by atoms with Crippen LogP contribution in [0.4, 0.5) is 5.13 Å². The van der Waals surface area contributed by atoms with E-state index in [4.69, 9.17) is 11.6 Å². The average molecular weight is 414 g/mol. The van der Waals surface area contributed by atoms with E-state index in [1.54, 1.807) is 23.3 Å². The van der Waals surface area contributed by atoms with Crippen molar-refractivity contribution in [3.05, 3.63) is 75.2 Å². The summed E-state index contributed by atoms with van der Waals surface area (Å²) in [7, 11) is 1.76. The summed E-state index contributed by atoms with van der Waals surface area (Å²) in [6, 6.07) is 15.6. The number of hydrogen-bond acceptors (Lipinski definition) is 5. The van der Waals surface area contributed by atoms with Gasteiger partial charge in [-0.1, -0.05) is 47.2 Å². The quantitative estimate of drug-likeness (QED) is 0.451. The van der Waals surface area contributed by atoms with Gasteiger partial charge in [-0.15, -0.1) is 11.3 Å². The Balaban J connectivity index is 1.44. The van der Waals surface area contributed by atoms with Gasteiger partial charge in [-0.25, -0.2) is 9.97 Å². The Kier molecular flexibility index (Phi) is 5.20. The number of carbonyl (C=O) groups excluding carboxylic acids is 1. The van der Waals surface area contributed by atoms with E-state index in [0.717, 1.165) is 31.5 Å². The summed E-state index contributed by atoms with van der Waals surface area (Å²) in [5.74, 6) is -0.0198. The smallest absolute Gasteiger partial charge is 0.234 e. The Morgan fingerprint density at radius 2 is 2.00 bits per heavy atom. The van der Waals surface area contributed by atoms with Crippen molar-refractivity contribution in [2.75, 3.05) is 11.9 Å². The van der Waals surface area contributed by atoms with E-state index in [1.165, 1.54) is 11.3 Å². The molecule has 136 valence electrons. The molecule has 0 radical (unpaired) electrons. The molecule has 0 N–H and O–H groups in total. The third-order valence-corrected chi connectivity index (χ3v) is 6.37. The molecule has 27 heavy (non-hydrogen) atoms. The summed E-state index contributed by atoms with van der Waals surface area (Å²) in [6.07, 6.45) is 0.978. The van der Waals surface area contributed by atoms with Crippen LogP contribution in [-0.4, -0.2) is 22.9 Å². The number of benzene rings is 2. The molecular weight excluding hydrogens is 398 g/mol. The Morgan fingerprint density at radius 1 is 1.15 bits per heavy atom. The van der Waals surface area contributed by atoms with E-state index in [1.807, 2.05) is 53.9 Å². The van der Waals surface area contributed by atoms with Gasteiger partial charge in [0.2, 0.25) is 5.91 Å². The number of halogens is 1. The van der Waals surface area contributed by atoms with Gasteiger partial charge in [-0.3, -0.25) is 9.69 Å². The monoisotopic (exact) mass is 413 g/mol. The highest BCUT2D eigenvalue weighted by molar-refractivity contribution is 7.22. The zero-order chi connectivity index (χ0) is 18.8. The van der Waals surface area contributed by atoms with Crippen molar-refractivity contribution in [1.29, 1.82) is 0 Å². The number of fused-ring (bicyclic) bond motifs is 1. The Hall–Kier alpha value is -2.28. The minimum Gasteiger partial charge on any atom is -0.291 e. The average Bonchev–Trinajstić information content (AvgIpc) is 3.27. The molecule has 0 spiro atoms. The lowest BCUT2D eigenvalue weighted by Crippen LogP contribution is -2.27. The first-order valence-corrected chi connectivity index (χ1v) is 10.5. The molecule has 7 heteroatoms. The molecule has 0 unspecified atom stereocenters.